The predicted octanol–water partition coefficient (Wildman–Crippen LogP) is 6.55. The number of nitriles is 1. The molecule has 0 amide bonds. The van der Waals surface area contributed by atoms with E-state index in [0.29, 0.717) is 34.2 Å². The fourth-order valence-electron chi connectivity index (χ4n) is 4.67. The number of hydrogen-bond acceptors (Lipinski definition) is 8. The highest BCUT2D eigenvalue weighted by molar-refractivity contribution is 6.74. The zero-order valence-electron chi connectivity index (χ0n) is 24.5. The van der Waals surface area contributed by atoms with E-state index in [1.807, 2.05) is 19.9 Å². The van der Waals surface area contributed by atoms with Gasteiger partial charge >= 0.3 is 7.12 Å². The molecule has 2 atom stereocenters. The zero-order chi connectivity index (χ0) is 29.3. The molecule has 216 valence electrons. The average Bonchev–Trinajstić information content (AvgIpc) is 3.23. The van der Waals surface area contributed by atoms with Crippen molar-refractivity contribution < 1.29 is 18.1 Å². The Labute approximate surface area is 243 Å². The van der Waals surface area contributed by atoms with Crippen LogP contribution in [0.4, 0.5) is 21.8 Å². The van der Waals surface area contributed by atoms with Crippen LogP contribution in [0.15, 0.2) is 18.3 Å². The van der Waals surface area contributed by atoms with E-state index < -0.39 is 26.9 Å². The number of halogens is 2. The van der Waals surface area contributed by atoms with E-state index in [-0.39, 0.29) is 29.6 Å². The summed E-state index contributed by atoms with van der Waals surface area (Å²) in [7, 11) is -2.95. The standard InChI is InChI=1S/C28H40BClFN5O3Si/c1-27(2,3)40(6,7)38-16-19-12-20(13-22(31)24(19)29-37-17-28(4,5)39-29)34-26-33-15-21(30)25(36-26)35-23-11-9-8-10-18(23)14-32/h12-13,15,18,23H,8-11,16-17H2,1-7H3,(H2,33,34,35,36)/t18-,23+/m0/s1. The molecule has 2 heterocycles. The van der Waals surface area contributed by atoms with Gasteiger partial charge in [-0.25, -0.2) is 9.37 Å². The van der Waals surface area contributed by atoms with Crippen molar-refractivity contribution in [2.75, 3.05) is 17.2 Å². The second-order valence-corrected chi connectivity index (χ2v) is 18.1. The van der Waals surface area contributed by atoms with Crippen LogP contribution in [0.2, 0.25) is 23.2 Å². The van der Waals surface area contributed by atoms with Crippen LogP contribution in [0.1, 0.15) is 65.9 Å². The number of benzene rings is 1. The fourth-order valence-corrected chi connectivity index (χ4v) is 5.77. The third kappa shape index (κ3) is 7.15. The van der Waals surface area contributed by atoms with Gasteiger partial charge in [-0.3, -0.25) is 0 Å². The molecule has 1 aliphatic carbocycles. The van der Waals surface area contributed by atoms with Gasteiger partial charge in [-0.2, -0.15) is 10.2 Å². The first-order chi connectivity index (χ1) is 18.7. The molecule has 2 aliphatic rings. The van der Waals surface area contributed by atoms with Gasteiger partial charge in [0, 0.05) is 17.2 Å². The quantitative estimate of drug-likeness (QED) is 0.335. The van der Waals surface area contributed by atoms with Crippen molar-refractivity contribution in [3.05, 3.63) is 34.7 Å². The Kier molecular flexibility index (Phi) is 9.17. The van der Waals surface area contributed by atoms with Crippen molar-refractivity contribution in [2.24, 2.45) is 5.92 Å². The molecule has 0 radical (unpaired) electrons. The van der Waals surface area contributed by atoms with Crippen LogP contribution in [0.3, 0.4) is 0 Å². The van der Waals surface area contributed by atoms with Crippen LogP contribution >= 0.6 is 11.6 Å². The average molecular weight is 588 g/mol. The summed E-state index contributed by atoms with van der Waals surface area (Å²) in [5.41, 5.74) is 0.929. The first kappa shape index (κ1) is 30.7. The van der Waals surface area contributed by atoms with Crippen LogP contribution < -0.4 is 16.1 Å². The third-order valence-electron chi connectivity index (χ3n) is 8.11. The molecule has 8 nitrogen and oxygen atoms in total. The first-order valence-corrected chi connectivity index (χ1v) is 17.2. The summed E-state index contributed by atoms with van der Waals surface area (Å²) < 4.78 is 34.1. The molecule has 12 heteroatoms. The van der Waals surface area contributed by atoms with Crippen molar-refractivity contribution in [1.82, 2.24) is 9.97 Å². The van der Waals surface area contributed by atoms with E-state index >= 15 is 4.39 Å². The largest absolute Gasteiger partial charge is 0.497 e. The van der Waals surface area contributed by atoms with Gasteiger partial charge in [0.25, 0.3) is 0 Å². The SMILES string of the molecule is CC1(C)COB(c2c(F)cc(Nc3ncc(Cl)c(N[C@@H]4CCCC[C@H]4C#N)n3)cc2CO[Si](C)(C)C(C)(C)C)O1. The van der Waals surface area contributed by atoms with E-state index in [9.17, 15) is 5.26 Å². The molecule has 1 aliphatic heterocycles. The number of rotatable bonds is 8. The molecule has 0 spiro atoms. The van der Waals surface area contributed by atoms with Gasteiger partial charge in [0.1, 0.15) is 10.8 Å². The van der Waals surface area contributed by atoms with E-state index in [1.165, 1.54) is 12.3 Å². The summed E-state index contributed by atoms with van der Waals surface area (Å²) in [6.07, 6.45) is 5.29. The van der Waals surface area contributed by atoms with Crippen LogP contribution in [0.25, 0.3) is 0 Å². The molecule has 1 aromatic carbocycles. The summed E-state index contributed by atoms with van der Waals surface area (Å²) >= 11 is 6.40. The fraction of sp³-hybridized carbons (Fsp3) is 0.607. The highest BCUT2D eigenvalue weighted by atomic mass is 35.5. The van der Waals surface area contributed by atoms with E-state index in [0.717, 1.165) is 25.7 Å². The second-order valence-electron chi connectivity index (χ2n) is 12.9. The molecule has 0 bridgehead atoms. The normalized spacial score (nSPS) is 21.2. The monoisotopic (exact) mass is 587 g/mol. The third-order valence-corrected chi connectivity index (χ3v) is 12.9. The van der Waals surface area contributed by atoms with E-state index in [1.54, 1.807) is 0 Å². The summed E-state index contributed by atoms with van der Waals surface area (Å²) in [5.74, 6) is 0.133. The number of nitrogens with zero attached hydrogens (tertiary/aromatic N) is 3. The molecule has 4 rings (SSSR count). The molecule has 2 N–H and O–H groups in total. The van der Waals surface area contributed by atoms with Gasteiger partial charge in [-0.05, 0) is 62.5 Å². The van der Waals surface area contributed by atoms with Gasteiger partial charge < -0.3 is 24.4 Å². The summed E-state index contributed by atoms with van der Waals surface area (Å²) in [6, 6.07) is 5.58. The van der Waals surface area contributed by atoms with Gasteiger partial charge in [-0.1, -0.05) is 45.2 Å². The molecule has 1 aromatic heterocycles. The van der Waals surface area contributed by atoms with Crippen molar-refractivity contribution in [3.63, 3.8) is 0 Å². The molecule has 2 fully saturated rings. The maximum Gasteiger partial charge on any atom is 0.497 e. The highest BCUT2D eigenvalue weighted by Crippen LogP contribution is 2.37. The lowest BCUT2D eigenvalue weighted by Crippen LogP contribution is -2.43. The van der Waals surface area contributed by atoms with Crippen molar-refractivity contribution in [3.8, 4) is 6.07 Å². The van der Waals surface area contributed by atoms with Crippen molar-refractivity contribution in [2.45, 2.75) is 96.7 Å². The zero-order valence-corrected chi connectivity index (χ0v) is 26.3. The highest BCUT2D eigenvalue weighted by Gasteiger charge is 2.42. The van der Waals surface area contributed by atoms with Gasteiger partial charge in [0.05, 0.1) is 37.0 Å². The summed E-state index contributed by atoms with van der Waals surface area (Å²) in [6.45, 7) is 15.2. The van der Waals surface area contributed by atoms with Crippen LogP contribution in [-0.2, 0) is 20.3 Å². The molecule has 0 unspecified atom stereocenters. The number of aromatic nitrogens is 2. The molecule has 2 aromatic rings. The molecule has 1 saturated heterocycles. The lowest BCUT2D eigenvalue weighted by molar-refractivity contribution is 0.137. The molecule has 1 saturated carbocycles. The Morgan fingerprint density at radius 3 is 2.65 bits per heavy atom. The minimum atomic E-state index is -2.13. The Morgan fingerprint density at radius 1 is 1.27 bits per heavy atom. The molecular weight excluding hydrogens is 548 g/mol. The van der Waals surface area contributed by atoms with E-state index in [4.69, 9.17) is 25.3 Å². The van der Waals surface area contributed by atoms with Crippen LogP contribution in [0.5, 0.6) is 0 Å². The summed E-state index contributed by atoms with van der Waals surface area (Å²) in [5, 5.41) is 16.4. The lowest BCUT2D eigenvalue weighted by atomic mass is 9.75. The minimum Gasteiger partial charge on any atom is -0.413 e. The molecular formula is C28H40BClFN5O3Si. The minimum absolute atomic E-state index is 0.00659. The van der Waals surface area contributed by atoms with Crippen molar-refractivity contribution >= 4 is 50.0 Å². The molecule has 40 heavy (non-hydrogen) atoms. The van der Waals surface area contributed by atoms with Gasteiger partial charge in [0.2, 0.25) is 5.95 Å². The number of nitrogens with one attached hydrogen (secondary N) is 2. The maximum atomic E-state index is 15.8. The first-order valence-electron chi connectivity index (χ1n) is 13.9. The Balaban J connectivity index is 1.62. The van der Waals surface area contributed by atoms with Gasteiger partial charge in [-0.15, -0.1) is 0 Å². The predicted molar refractivity (Wildman–Crippen MR) is 160 cm³/mol. The number of hydrogen-bond donors (Lipinski definition) is 2. The van der Waals surface area contributed by atoms with Gasteiger partial charge in [0.15, 0.2) is 14.1 Å². The smallest absolute Gasteiger partial charge is 0.413 e. The van der Waals surface area contributed by atoms with E-state index in [2.05, 4.69) is 60.5 Å². The van der Waals surface area contributed by atoms with Crippen LogP contribution in [-0.4, -0.2) is 43.7 Å². The lowest BCUT2D eigenvalue weighted by Gasteiger charge is -2.36. The second kappa shape index (κ2) is 11.9. The Hall–Kier alpha value is -2.23. The topological polar surface area (TPSA) is 101 Å². The van der Waals surface area contributed by atoms with Crippen LogP contribution in [0, 0.1) is 23.1 Å². The maximum absolute atomic E-state index is 15.8. The Bertz CT molecular complexity index is 1270. The number of anilines is 3. The Morgan fingerprint density at radius 2 is 2.00 bits per heavy atom. The summed E-state index contributed by atoms with van der Waals surface area (Å²) in [4.78, 5) is 8.86. The van der Waals surface area contributed by atoms with Crippen molar-refractivity contribution in [1.29, 1.82) is 5.26 Å².